The van der Waals surface area contributed by atoms with Crippen LogP contribution in [-0.4, -0.2) is 26.5 Å². The zero-order valence-corrected chi connectivity index (χ0v) is 14.8. The highest BCUT2D eigenvalue weighted by Crippen LogP contribution is 2.23. The van der Waals surface area contributed by atoms with Crippen LogP contribution in [0.25, 0.3) is 0 Å². The Morgan fingerprint density at radius 1 is 1.27 bits per heavy atom. The van der Waals surface area contributed by atoms with Gasteiger partial charge in [0, 0.05) is 11.0 Å². The Labute approximate surface area is 157 Å². The average molecular weight is 390 g/mol. The van der Waals surface area contributed by atoms with Gasteiger partial charge in [0.25, 0.3) is 0 Å². The van der Waals surface area contributed by atoms with E-state index in [0.29, 0.717) is 5.56 Å². The van der Waals surface area contributed by atoms with Gasteiger partial charge in [-0.1, -0.05) is 52.8 Å². The number of thioether (sulfide) groups is 1. The Morgan fingerprint density at radius 3 is 2.77 bits per heavy atom. The van der Waals surface area contributed by atoms with Crippen LogP contribution in [0.5, 0.6) is 0 Å². The highest BCUT2D eigenvalue weighted by atomic mass is 35.5. The number of nitrogens with one attached hydrogen (secondary N) is 2. The molecule has 0 radical (unpaired) electrons. The highest BCUT2D eigenvalue weighted by molar-refractivity contribution is 8.02. The number of carbonyl (C=O) groups is 1. The summed E-state index contributed by atoms with van der Waals surface area (Å²) >= 11 is 7.12. The molecule has 26 heavy (non-hydrogen) atoms. The van der Waals surface area contributed by atoms with Crippen LogP contribution < -0.4 is 5.32 Å². The van der Waals surface area contributed by atoms with Crippen molar-refractivity contribution in [2.75, 3.05) is 0 Å². The Bertz CT molecular complexity index is 905. The van der Waals surface area contributed by atoms with Gasteiger partial charge in [0.2, 0.25) is 11.7 Å². The maximum Gasteiger partial charge on any atom is 0.245 e. The molecule has 0 saturated carbocycles. The molecule has 1 unspecified atom stereocenters. The number of tetrazole rings is 1. The second-order valence-electron chi connectivity index (χ2n) is 5.12. The van der Waals surface area contributed by atoms with Crippen LogP contribution >= 0.6 is 23.4 Å². The molecule has 0 aliphatic rings. The smallest absolute Gasteiger partial charge is 0.245 e. The summed E-state index contributed by atoms with van der Waals surface area (Å²) in [4.78, 5) is 13.3. The lowest BCUT2D eigenvalue weighted by Gasteiger charge is -2.15. The molecular weight excluding hydrogens is 377 g/mol. The van der Waals surface area contributed by atoms with Crippen LogP contribution in [-0.2, 0) is 4.79 Å². The van der Waals surface area contributed by atoms with E-state index in [9.17, 15) is 9.18 Å². The highest BCUT2D eigenvalue weighted by Gasteiger charge is 2.21. The number of rotatable bonds is 6. The van der Waals surface area contributed by atoms with Crippen molar-refractivity contribution in [3.8, 4) is 0 Å². The van der Waals surface area contributed by atoms with Gasteiger partial charge in [0.15, 0.2) is 0 Å². The lowest BCUT2D eigenvalue weighted by Crippen LogP contribution is -2.28. The van der Waals surface area contributed by atoms with Crippen molar-refractivity contribution in [3.05, 3.63) is 82.2 Å². The fraction of sp³-hybridized carbons (Fsp3) is 0.0588. The summed E-state index contributed by atoms with van der Waals surface area (Å²) in [6.07, 6.45) is 1.39. The van der Waals surface area contributed by atoms with Crippen LogP contribution in [0.3, 0.4) is 0 Å². The molecule has 1 atom stereocenters. The molecule has 1 aromatic heterocycles. The monoisotopic (exact) mass is 389 g/mol. The molecular formula is C17H13ClFN5OS. The van der Waals surface area contributed by atoms with Crippen LogP contribution in [0.4, 0.5) is 4.39 Å². The van der Waals surface area contributed by atoms with Gasteiger partial charge < -0.3 is 5.32 Å². The molecule has 9 heteroatoms. The van der Waals surface area contributed by atoms with Gasteiger partial charge in [-0.2, -0.15) is 5.21 Å². The standard InChI is InChI=1S/C17H13ClFN5OS/c18-13-7-6-11(10-14(13)19)16(17-21-23-24-22-17)20-15(25)8-9-26-12-4-2-1-3-5-12/h1-10,16H,(H,20,25)(H,21,22,23,24)/b9-8+. The number of hydrogen-bond acceptors (Lipinski definition) is 5. The summed E-state index contributed by atoms with van der Waals surface area (Å²) in [5.41, 5.74) is 0.450. The Hall–Kier alpha value is -2.71. The first-order valence-electron chi connectivity index (χ1n) is 7.50. The third-order valence-corrected chi connectivity index (χ3v) is 4.47. The fourth-order valence-corrected chi connectivity index (χ4v) is 2.93. The minimum absolute atomic E-state index is 0.00824. The van der Waals surface area contributed by atoms with Crippen molar-refractivity contribution in [2.45, 2.75) is 10.9 Å². The normalized spacial score (nSPS) is 12.2. The minimum atomic E-state index is -0.764. The van der Waals surface area contributed by atoms with E-state index in [0.717, 1.165) is 4.90 Å². The molecule has 0 spiro atoms. The lowest BCUT2D eigenvalue weighted by atomic mass is 10.1. The van der Waals surface area contributed by atoms with Crippen molar-refractivity contribution < 1.29 is 9.18 Å². The molecule has 1 amide bonds. The van der Waals surface area contributed by atoms with Crippen molar-refractivity contribution in [2.24, 2.45) is 0 Å². The van der Waals surface area contributed by atoms with Crippen molar-refractivity contribution >= 4 is 29.3 Å². The van der Waals surface area contributed by atoms with E-state index in [1.165, 1.54) is 30.0 Å². The molecule has 2 N–H and O–H groups in total. The number of benzene rings is 2. The maximum atomic E-state index is 13.8. The summed E-state index contributed by atoms with van der Waals surface area (Å²) in [7, 11) is 0. The second-order valence-corrected chi connectivity index (χ2v) is 6.51. The van der Waals surface area contributed by atoms with E-state index >= 15 is 0 Å². The number of nitrogens with zero attached hydrogens (tertiary/aromatic N) is 3. The Morgan fingerprint density at radius 2 is 2.08 bits per heavy atom. The largest absolute Gasteiger partial charge is 0.338 e. The van der Waals surface area contributed by atoms with Crippen molar-refractivity contribution in [1.29, 1.82) is 0 Å². The number of amides is 1. The minimum Gasteiger partial charge on any atom is -0.338 e. The van der Waals surface area contributed by atoms with E-state index in [2.05, 4.69) is 25.9 Å². The molecule has 0 aliphatic carbocycles. The predicted octanol–water partition coefficient (Wildman–Crippen LogP) is 3.50. The van der Waals surface area contributed by atoms with Gasteiger partial charge in [-0.15, -0.1) is 10.2 Å². The first-order chi connectivity index (χ1) is 12.6. The molecule has 0 fully saturated rings. The van der Waals surface area contributed by atoms with E-state index in [4.69, 9.17) is 11.6 Å². The van der Waals surface area contributed by atoms with Gasteiger partial charge >= 0.3 is 0 Å². The number of hydrogen-bond donors (Lipinski definition) is 2. The molecule has 3 rings (SSSR count). The van der Waals surface area contributed by atoms with Gasteiger partial charge in [-0.05, 0) is 35.2 Å². The summed E-state index contributed by atoms with van der Waals surface area (Å²) in [5, 5.41) is 18.0. The average Bonchev–Trinajstić information content (AvgIpc) is 3.17. The topological polar surface area (TPSA) is 83.6 Å². The molecule has 3 aromatic rings. The van der Waals surface area contributed by atoms with Crippen molar-refractivity contribution in [3.63, 3.8) is 0 Å². The number of carbonyl (C=O) groups excluding carboxylic acids is 1. The second kappa shape index (κ2) is 8.59. The van der Waals surface area contributed by atoms with E-state index < -0.39 is 11.9 Å². The summed E-state index contributed by atoms with van der Waals surface area (Å²) < 4.78 is 13.8. The third-order valence-electron chi connectivity index (χ3n) is 3.35. The fourth-order valence-electron chi connectivity index (χ4n) is 2.14. The summed E-state index contributed by atoms with van der Waals surface area (Å²) in [5.74, 6) is -0.759. The summed E-state index contributed by atoms with van der Waals surface area (Å²) in [6, 6.07) is 13.1. The van der Waals surface area contributed by atoms with Crippen LogP contribution in [0.2, 0.25) is 5.02 Å². The van der Waals surface area contributed by atoms with Gasteiger partial charge in [0.05, 0.1) is 5.02 Å². The van der Waals surface area contributed by atoms with Crippen LogP contribution in [0, 0.1) is 5.82 Å². The number of halogens is 2. The van der Waals surface area contributed by atoms with E-state index in [1.54, 1.807) is 11.5 Å². The number of aromatic nitrogens is 4. The zero-order valence-electron chi connectivity index (χ0n) is 13.3. The van der Waals surface area contributed by atoms with Gasteiger partial charge in [-0.25, -0.2) is 4.39 Å². The molecule has 0 bridgehead atoms. The third kappa shape index (κ3) is 4.68. The van der Waals surface area contributed by atoms with E-state index in [1.807, 2.05) is 30.3 Å². The Kier molecular flexibility index (Phi) is 5.98. The Balaban J connectivity index is 1.73. The predicted molar refractivity (Wildman–Crippen MR) is 97.0 cm³/mol. The van der Waals surface area contributed by atoms with Gasteiger partial charge in [0.1, 0.15) is 11.9 Å². The first-order valence-corrected chi connectivity index (χ1v) is 8.76. The zero-order chi connectivity index (χ0) is 18.4. The van der Waals surface area contributed by atoms with Gasteiger partial charge in [-0.3, -0.25) is 4.79 Å². The quantitative estimate of drug-likeness (QED) is 0.498. The maximum absolute atomic E-state index is 13.8. The molecule has 0 aliphatic heterocycles. The lowest BCUT2D eigenvalue weighted by molar-refractivity contribution is -0.117. The van der Waals surface area contributed by atoms with Crippen LogP contribution in [0.1, 0.15) is 17.4 Å². The van der Waals surface area contributed by atoms with Crippen molar-refractivity contribution in [1.82, 2.24) is 25.9 Å². The molecule has 0 saturated heterocycles. The SMILES string of the molecule is O=C(/C=C/Sc1ccccc1)NC(c1ccc(Cl)c(F)c1)c1nn[nH]n1. The van der Waals surface area contributed by atoms with Crippen LogP contribution in [0.15, 0.2) is 64.9 Å². The molecule has 6 nitrogen and oxygen atoms in total. The number of aromatic amines is 1. The first kappa shape index (κ1) is 18.1. The molecule has 132 valence electrons. The number of H-pyrrole nitrogens is 1. The molecule has 2 aromatic carbocycles. The van der Waals surface area contributed by atoms with E-state index in [-0.39, 0.29) is 16.8 Å². The summed E-state index contributed by atoms with van der Waals surface area (Å²) in [6.45, 7) is 0. The molecule has 1 heterocycles.